The number of esters is 1. The molecule has 0 amide bonds. The summed E-state index contributed by atoms with van der Waals surface area (Å²) in [7, 11) is 0. The van der Waals surface area contributed by atoms with E-state index < -0.39 is 42.1 Å². The van der Waals surface area contributed by atoms with Gasteiger partial charge in [-0.1, -0.05) is 30.3 Å². The van der Waals surface area contributed by atoms with Gasteiger partial charge in [0.1, 0.15) is 31.0 Å². The molecule has 5 atom stereocenters. The zero-order valence-electron chi connectivity index (χ0n) is 16.5. The Morgan fingerprint density at radius 3 is 2.36 bits per heavy atom. The van der Waals surface area contributed by atoms with Crippen molar-refractivity contribution in [3.05, 3.63) is 42.0 Å². The minimum Gasteiger partial charge on any atom is -0.460 e. The molecule has 0 N–H and O–H groups in total. The number of benzene rings is 1. The van der Waals surface area contributed by atoms with E-state index in [-0.39, 0.29) is 12.7 Å². The molecule has 3 heterocycles. The fourth-order valence-corrected chi connectivity index (χ4v) is 3.77. The molecule has 0 spiro atoms. The Morgan fingerprint density at radius 1 is 0.964 bits per heavy atom. The van der Waals surface area contributed by atoms with Crippen LogP contribution in [-0.2, 0) is 33.2 Å². The molecular weight excluding hydrogens is 364 g/mol. The first-order valence-electron chi connectivity index (χ1n) is 9.49. The maximum absolute atomic E-state index is 12.1. The molecule has 3 fully saturated rings. The summed E-state index contributed by atoms with van der Waals surface area (Å²) in [5.74, 6) is -2.01. The highest BCUT2D eigenvalue weighted by Crippen LogP contribution is 2.44. The maximum atomic E-state index is 12.1. The molecule has 0 radical (unpaired) electrons. The van der Waals surface area contributed by atoms with Gasteiger partial charge in [0, 0.05) is 6.08 Å². The van der Waals surface area contributed by atoms with E-state index in [4.69, 9.17) is 28.4 Å². The van der Waals surface area contributed by atoms with Gasteiger partial charge in [0.2, 0.25) is 0 Å². The van der Waals surface area contributed by atoms with E-state index in [0.29, 0.717) is 0 Å². The lowest BCUT2D eigenvalue weighted by Gasteiger charge is -2.36. The summed E-state index contributed by atoms with van der Waals surface area (Å²) < 4.78 is 35.2. The molecule has 1 aromatic rings. The Hall–Kier alpha value is -1.77. The van der Waals surface area contributed by atoms with Crippen LogP contribution in [0.25, 0.3) is 6.08 Å². The molecule has 4 rings (SSSR count). The van der Waals surface area contributed by atoms with Gasteiger partial charge in [-0.3, -0.25) is 0 Å². The molecule has 0 aromatic heterocycles. The molecule has 0 saturated carbocycles. The first-order chi connectivity index (χ1) is 13.2. The number of ether oxygens (including phenoxy) is 6. The molecule has 7 heteroatoms. The van der Waals surface area contributed by atoms with E-state index in [1.54, 1.807) is 6.08 Å². The smallest absolute Gasteiger partial charge is 0.330 e. The Morgan fingerprint density at radius 2 is 1.61 bits per heavy atom. The van der Waals surface area contributed by atoms with Gasteiger partial charge in [-0.05, 0) is 39.3 Å². The highest BCUT2D eigenvalue weighted by Gasteiger charge is 2.60. The average molecular weight is 390 g/mol. The number of rotatable bonds is 4. The lowest BCUT2D eigenvalue weighted by atomic mass is 9.99. The van der Waals surface area contributed by atoms with Gasteiger partial charge in [0.25, 0.3) is 0 Å². The normalized spacial score (nSPS) is 35.5. The summed E-state index contributed by atoms with van der Waals surface area (Å²) in [6, 6.07) is 9.54. The molecular formula is C21H26O7. The Labute approximate surface area is 164 Å². The van der Waals surface area contributed by atoms with Gasteiger partial charge in [-0.2, -0.15) is 0 Å². The van der Waals surface area contributed by atoms with Crippen LogP contribution in [0, 0.1) is 0 Å². The third-order valence-corrected chi connectivity index (χ3v) is 4.85. The van der Waals surface area contributed by atoms with Crippen LogP contribution in [0.5, 0.6) is 0 Å². The van der Waals surface area contributed by atoms with Crippen molar-refractivity contribution in [1.29, 1.82) is 0 Å². The van der Waals surface area contributed by atoms with E-state index in [2.05, 4.69) is 0 Å². The molecule has 5 unspecified atom stereocenters. The second-order valence-corrected chi connectivity index (χ2v) is 8.08. The SMILES string of the molecule is CC1(C)OC2OC(COC(=O)C=Cc3ccccc3)C3OC(C)(C)OC3C2O1. The molecule has 3 aliphatic rings. The predicted molar refractivity (Wildman–Crippen MR) is 99.0 cm³/mol. The maximum Gasteiger partial charge on any atom is 0.330 e. The third kappa shape index (κ3) is 4.14. The quantitative estimate of drug-likeness (QED) is 0.578. The largest absolute Gasteiger partial charge is 0.460 e. The third-order valence-electron chi connectivity index (χ3n) is 4.85. The van der Waals surface area contributed by atoms with Crippen molar-refractivity contribution in [1.82, 2.24) is 0 Å². The number of fused-ring (bicyclic) bond motifs is 3. The van der Waals surface area contributed by atoms with Crippen LogP contribution in [0.1, 0.15) is 33.3 Å². The Balaban J connectivity index is 1.41. The molecule has 0 aliphatic carbocycles. The number of hydrogen-bond acceptors (Lipinski definition) is 7. The van der Waals surface area contributed by atoms with Crippen LogP contribution in [0.15, 0.2) is 36.4 Å². The van der Waals surface area contributed by atoms with Crippen LogP contribution >= 0.6 is 0 Å². The Bertz CT molecular complexity index is 742. The minimum absolute atomic E-state index is 0.0333. The number of carbonyl (C=O) groups excluding carboxylic acids is 1. The summed E-state index contributed by atoms with van der Waals surface area (Å²) in [5.41, 5.74) is 0.921. The highest BCUT2D eigenvalue weighted by atomic mass is 16.9. The van der Waals surface area contributed by atoms with Crippen molar-refractivity contribution in [3.63, 3.8) is 0 Å². The van der Waals surface area contributed by atoms with Crippen LogP contribution in [-0.4, -0.2) is 54.9 Å². The van der Waals surface area contributed by atoms with Gasteiger partial charge >= 0.3 is 5.97 Å². The van der Waals surface area contributed by atoms with Crippen LogP contribution in [0.4, 0.5) is 0 Å². The lowest BCUT2D eigenvalue weighted by molar-refractivity contribution is -0.242. The summed E-state index contributed by atoms with van der Waals surface area (Å²) in [6.45, 7) is 7.37. The average Bonchev–Trinajstić information content (AvgIpc) is 3.12. The van der Waals surface area contributed by atoms with E-state index in [0.717, 1.165) is 5.56 Å². The standard InChI is InChI=1S/C21H26O7/c1-20(2)25-16-14(12-23-15(22)11-10-13-8-6-5-7-9-13)24-19-18(17(16)26-20)27-21(3,4)28-19/h5-11,14,16-19H,12H2,1-4H3. The van der Waals surface area contributed by atoms with E-state index in [9.17, 15) is 4.79 Å². The fourth-order valence-electron chi connectivity index (χ4n) is 3.77. The van der Waals surface area contributed by atoms with Gasteiger partial charge in [0.05, 0.1) is 0 Å². The van der Waals surface area contributed by atoms with Gasteiger partial charge in [-0.25, -0.2) is 4.79 Å². The second-order valence-electron chi connectivity index (χ2n) is 8.08. The highest BCUT2D eigenvalue weighted by molar-refractivity contribution is 5.87. The van der Waals surface area contributed by atoms with Crippen molar-refractivity contribution >= 4 is 12.0 Å². The predicted octanol–water partition coefficient (Wildman–Crippen LogP) is 2.64. The summed E-state index contributed by atoms with van der Waals surface area (Å²) in [6.07, 6.45) is 0.812. The van der Waals surface area contributed by atoms with Crippen molar-refractivity contribution < 1.29 is 33.2 Å². The van der Waals surface area contributed by atoms with Crippen molar-refractivity contribution in [2.24, 2.45) is 0 Å². The monoisotopic (exact) mass is 390 g/mol. The molecule has 3 saturated heterocycles. The van der Waals surface area contributed by atoms with Crippen molar-refractivity contribution in [2.45, 2.75) is 70.0 Å². The zero-order chi connectivity index (χ0) is 19.9. The molecule has 1 aromatic carbocycles. The van der Waals surface area contributed by atoms with Gasteiger partial charge in [0.15, 0.2) is 17.9 Å². The molecule has 152 valence electrons. The molecule has 3 aliphatic heterocycles. The number of hydrogen-bond donors (Lipinski definition) is 0. The van der Waals surface area contributed by atoms with E-state index >= 15 is 0 Å². The minimum atomic E-state index is -0.779. The Kier molecular flexibility index (Phi) is 5.05. The second kappa shape index (κ2) is 7.24. The van der Waals surface area contributed by atoms with Crippen LogP contribution in [0.3, 0.4) is 0 Å². The van der Waals surface area contributed by atoms with Crippen molar-refractivity contribution in [2.75, 3.05) is 6.61 Å². The van der Waals surface area contributed by atoms with Crippen LogP contribution in [0.2, 0.25) is 0 Å². The fraction of sp³-hybridized carbons (Fsp3) is 0.571. The van der Waals surface area contributed by atoms with E-state index in [1.165, 1.54) is 6.08 Å². The summed E-state index contributed by atoms with van der Waals surface area (Å²) in [5, 5.41) is 0. The van der Waals surface area contributed by atoms with Gasteiger partial charge < -0.3 is 28.4 Å². The van der Waals surface area contributed by atoms with Crippen molar-refractivity contribution in [3.8, 4) is 0 Å². The molecule has 28 heavy (non-hydrogen) atoms. The van der Waals surface area contributed by atoms with Gasteiger partial charge in [-0.15, -0.1) is 0 Å². The van der Waals surface area contributed by atoms with E-state index in [1.807, 2.05) is 58.0 Å². The zero-order valence-corrected chi connectivity index (χ0v) is 16.5. The number of carbonyl (C=O) groups is 1. The first kappa shape index (κ1) is 19.5. The topological polar surface area (TPSA) is 72.5 Å². The first-order valence-corrected chi connectivity index (χ1v) is 9.49. The summed E-state index contributed by atoms with van der Waals surface area (Å²) >= 11 is 0. The molecule has 7 nitrogen and oxygen atoms in total. The van der Waals surface area contributed by atoms with Crippen LogP contribution < -0.4 is 0 Å². The summed E-state index contributed by atoms with van der Waals surface area (Å²) in [4.78, 5) is 12.1. The molecule has 0 bridgehead atoms. The lowest BCUT2D eigenvalue weighted by Crippen LogP contribution is -2.56.